The van der Waals surface area contributed by atoms with Gasteiger partial charge in [-0.1, -0.05) is 26.0 Å². The van der Waals surface area contributed by atoms with Crippen molar-refractivity contribution in [3.05, 3.63) is 59.7 Å². The molecule has 2 saturated heterocycles. The van der Waals surface area contributed by atoms with Gasteiger partial charge >= 0.3 is 0 Å². The molecule has 2 aromatic carbocycles. The minimum absolute atomic E-state index is 0.142. The van der Waals surface area contributed by atoms with Gasteiger partial charge in [0.1, 0.15) is 0 Å². The summed E-state index contributed by atoms with van der Waals surface area (Å²) in [5.74, 6) is 0.328. The summed E-state index contributed by atoms with van der Waals surface area (Å²) in [6.45, 7) is 5.71. The van der Waals surface area contributed by atoms with E-state index in [1.165, 1.54) is 8.61 Å². The highest BCUT2D eigenvalue weighted by molar-refractivity contribution is 7.93. The minimum atomic E-state index is -3.62. The standard InChI is InChI=1S/C24H31N3O5S2/c1-3-19(2)20-7-11-23(12-8-20)34(31,32)26-16-14-25(15-17-26)24(28)21-5-9-22(10-6-21)27-13-4-18-33(27,29)30/h5-12,19H,3-4,13-18H2,1-2H3/t19-/m1/s1. The predicted octanol–water partition coefficient (Wildman–Crippen LogP) is 2.89. The van der Waals surface area contributed by atoms with Gasteiger partial charge in [-0.2, -0.15) is 4.31 Å². The molecule has 1 amide bonds. The second kappa shape index (κ2) is 9.67. The molecule has 8 nitrogen and oxygen atoms in total. The number of sulfonamides is 2. The van der Waals surface area contributed by atoms with Crippen molar-refractivity contribution >= 4 is 31.6 Å². The molecule has 1 atom stereocenters. The highest BCUT2D eigenvalue weighted by Gasteiger charge is 2.31. The average molecular weight is 506 g/mol. The van der Waals surface area contributed by atoms with Crippen LogP contribution in [0.4, 0.5) is 5.69 Å². The third-order valence-electron chi connectivity index (χ3n) is 6.73. The molecule has 2 aliphatic rings. The lowest BCUT2D eigenvalue weighted by Crippen LogP contribution is -2.50. The van der Waals surface area contributed by atoms with Crippen LogP contribution in [0.5, 0.6) is 0 Å². The predicted molar refractivity (Wildman–Crippen MR) is 132 cm³/mol. The summed E-state index contributed by atoms with van der Waals surface area (Å²) < 4.78 is 53.1. The van der Waals surface area contributed by atoms with E-state index >= 15 is 0 Å². The minimum Gasteiger partial charge on any atom is -0.336 e. The van der Waals surface area contributed by atoms with Crippen LogP contribution in [0.1, 0.15) is 48.5 Å². The van der Waals surface area contributed by atoms with Crippen molar-refractivity contribution in [1.82, 2.24) is 9.21 Å². The van der Waals surface area contributed by atoms with E-state index in [4.69, 9.17) is 0 Å². The largest absolute Gasteiger partial charge is 0.336 e. The molecule has 4 rings (SSSR count). The lowest BCUT2D eigenvalue weighted by Gasteiger charge is -2.34. The average Bonchev–Trinajstić information content (AvgIpc) is 3.22. The van der Waals surface area contributed by atoms with Gasteiger partial charge in [0.05, 0.1) is 16.3 Å². The molecule has 0 aromatic heterocycles. The van der Waals surface area contributed by atoms with E-state index in [2.05, 4.69) is 13.8 Å². The number of carbonyl (C=O) groups is 1. The van der Waals surface area contributed by atoms with E-state index in [0.29, 0.717) is 43.2 Å². The second-order valence-electron chi connectivity index (χ2n) is 8.86. The van der Waals surface area contributed by atoms with E-state index < -0.39 is 20.0 Å². The summed E-state index contributed by atoms with van der Waals surface area (Å²) >= 11 is 0. The van der Waals surface area contributed by atoms with Crippen molar-refractivity contribution in [1.29, 1.82) is 0 Å². The maximum absolute atomic E-state index is 13.1. The molecule has 0 saturated carbocycles. The maximum atomic E-state index is 13.1. The fraction of sp³-hybridized carbons (Fsp3) is 0.458. The first-order valence-corrected chi connectivity index (χ1v) is 14.7. The number of hydrogen-bond donors (Lipinski definition) is 0. The maximum Gasteiger partial charge on any atom is 0.253 e. The van der Waals surface area contributed by atoms with Gasteiger partial charge in [0.15, 0.2) is 0 Å². The zero-order valence-corrected chi connectivity index (χ0v) is 21.2. The van der Waals surface area contributed by atoms with Gasteiger partial charge < -0.3 is 4.90 Å². The molecule has 34 heavy (non-hydrogen) atoms. The molecule has 0 bridgehead atoms. The Kier molecular flexibility index (Phi) is 7.02. The smallest absolute Gasteiger partial charge is 0.253 e. The van der Waals surface area contributed by atoms with Gasteiger partial charge in [0.25, 0.3) is 5.91 Å². The number of carbonyl (C=O) groups excluding carboxylic acids is 1. The molecule has 2 aromatic rings. The third-order valence-corrected chi connectivity index (χ3v) is 10.5. The van der Waals surface area contributed by atoms with Crippen molar-refractivity contribution < 1.29 is 21.6 Å². The Hall–Kier alpha value is -2.43. The van der Waals surface area contributed by atoms with Crippen LogP contribution in [0, 0.1) is 0 Å². The van der Waals surface area contributed by atoms with Gasteiger partial charge in [0.2, 0.25) is 20.0 Å². The van der Waals surface area contributed by atoms with E-state index in [0.717, 1.165) is 12.0 Å². The molecule has 0 spiro atoms. The first-order chi connectivity index (χ1) is 16.1. The van der Waals surface area contributed by atoms with E-state index in [1.807, 2.05) is 12.1 Å². The molecule has 0 unspecified atom stereocenters. The zero-order valence-electron chi connectivity index (χ0n) is 19.6. The lowest BCUT2D eigenvalue weighted by atomic mass is 9.99. The van der Waals surface area contributed by atoms with Gasteiger partial charge in [0, 0.05) is 38.3 Å². The van der Waals surface area contributed by atoms with Gasteiger partial charge in [-0.15, -0.1) is 0 Å². The summed E-state index contributed by atoms with van der Waals surface area (Å²) in [6, 6.07) is 13.6. The Morgan fingerprint density at radius 1 is 0.941 bits per heavy atom. The first-order valence-electron chi connectivity index (χ1n) is 11.6. The number of anilines is 1. The van der Waals surface area contributed by atoms with Crippen LogP contribution in [0.15, 0.2) is 53.4 Å². The van der Waals surface area contributed by atoms with Gasteiger partial charge in [-0.25, -0.2) is 16.8 Å². The Labute approximate surface area is 202 Å². The molecule has 2 heterocycles. The first kappa shape index (κ1) is 24.7. The Bertz CT molecular complexity index is 1230. The lowest BCUT2D eigenvalue weighted by molar-refractivity contribution is 0.0698. The summed E-state index contributed by atoms with van der Waals surface area (Å²) in [5.41, 5.74) is 2.13. The van der Waals surface area contributed by atoms with Crippen LogP contribution in [-0.4, -0.2) is 70.4 Å². The van der Waals surface area contributed by atoms with Crippen LogP contribution in [0.25, 0.3) is 0 Å². The van der Waals surface area contributed by atoms with Crippen LogP contribution >= 0.6 is 0 Å². The molecule has 0 N–H and O–H groups in total. The van der Waals surface area contributed by atoms with Crippen LogP contribution in [-0.2, 0) is 20.0 Å². The second-order valence-corrected chi connectivity index (χ2v) is 12.8. The third kappa shape index (κ3) is 4.85. The monoisotopic (exact) mass is 505 g/mol. The fourth-order valence-corrected chi connectivity index (χ4v) is 7.35. The van der Waals surface area contributed by atoms with Gasteiger partial charge in [-0.3, -0.25) is 9.10 Å². The van der Waals surface area contributed by atoms with Crippen LogP contribution < -0.4 is 4.31 Å². The number of amides is 1. The van der Waals surface area contributed by atoms with Crippen molar-refractivity contribution in [2.24, 2.45) is 0 Å². The highest BCUT2D eigenvalue weighted by atomic mass is 32.2. The quantitative estimate of drug-likeness (QED) is 0.602. The summed E-state index contributed by atoms with van der Waals surface area (Å²) in [5, 5.41) is 0. The highest BCUT2D eigenvalue weighted by Crippen LogP contribution is 2.26. The number of benzene rings is 2. The number of piperazine rings is 1. The van der Waals surface area contributed by atoms with Crippen molar-refractivity contribution in [3.8, 4) is 0 Å². The molecule has 184 valence electrons. The summed E-state index contributed by atoms with van der Waals surface area (Å²) in [7, 11) is -6.89. The number of rotatable bonds is 6. The van der Waals surface area contributed by atoms with Crippen LogP contribution in [0.2, 0.25) is 0 Å². The van der Waals surface area contributed by atoms with E-state index in [1.54, 1.807) is 41.3 Å². The zero-order chi connectivity index (χ0) is 24.5. The van der Waals surface area contributed by atoms with Crippen molar-refractivity contribution in [2.45, 2.75) is 37.5 Å². The van der Waals surface area contributed by atoms with Crippen LogP contribution in [0.3, 0.4) is 0 Å². The Balaban J connectivity index is 1.39. The molecular formula is C24H31N3O5S2. The van der Waals surface area contributed by atoms with Gasteiger partial charge in [-0.05, 0) is 60.7 Å². The summed E-state index contributed by atoms with van der Waals surface area (Å²) in [4.78, 5) is 14.9. The normalized spacial score (nSPS) is 19.8. The Morgan fingerprint density at radius 2 is 1.56 bits per heavy atom. The Morgan fingerprint density at radius 3 is 2.09 bits per heavy atom. The number of hydrogen-bond acceptors (Lipinski definition) is 5. The van der Waals surface area contributed by atoms with Crippen molar-refractivity contribution in [2.75, 3.05) is 42.8 Å². The van der Waals surface area contributed by atoms with E-state index in [-0.39, 0.29) is 29.6 Å². The SMILES string of the molecule is CC[C@@H](C)c1ccc(S(=O)(=O)N2CCN(C(=O)c3ccc(N4CCCS4(=O)=O)cc3)CC2)cc1. The number of nitrogens with zero attached hydrogens (tertiary/aromatic N) is 3. The molecule has 2 fully saturated rings. The summed E-state index contributed by atoms with van der Waals surface area (Å²) in [6.07, 6.45) is 1.58. The van der Waals surface area contributed by atoms with Crippen molar-refractivity contribution in [3.63, 3.8) is 0 Å². The topological polar surface area (TPSA) is 95.1 Å². The molecule has 0 aliphatic carbocycles. The molecule has 10 heteroatoms. The molecular weight excluding hydrogens is 474 g/mol. The molecule has 2 aliphatic heterocycles. The fourth-order valence-electron chi connectivity index (χ4n) is 4.37. The van der Waals surface area contributed by atoms with E-state index in [9.17, 15) is 21.6 Å². The molecule has 0 radical (unpaired) electrons.